The maximum atomic E-state index is 12.8. The van der Waals surface area contributed by atoms with E-state index in [4.69, 9.17) is 16.1 Å². The monoisotopic (exact) mass is 447 g/mol. The first-order chi connectivity index (χ1) is 14.8. The van der Waals surface area contributed by atoms with Crippen molar-refractivity contribution >= 4 is 28.4 Å². The predicted octanol–water partition coefficient (Wildman–Crippen LogP) is 5.39. The number of amides is 1. The SMILES string of the molecule is O=C(NCCc1c[nH]c2ccc(Cl)cc12)c1cc(Cc2cccc(C(F)(F)F)c2)on1. The number of halogens is 4. The van der Waals surface area contributed by atoms with E-state index in [2.05, 4.69) is 15.5 Å². The average molecular weight is 448 g/mol. The molecule has 0 aliphatic carbocycles. The molecule has 2 aromatic heterocycles. The van der Waals surface area contributed by atoms with Crippen LogP contribution in [0.4, 0.5) is 13.2 Å². The van der Waals surface area contributed by atoms with Gasteiger partial charge in [-0.1, -0.05) is 35.0 Å². The van der Waals surface area contributed by atoms with E-state index in [0.717, 1.165) is 28.6 Å². The van der Waals surface area contributed by atoms with Crippen LogP contribution in [0.2, 0.25) is 5.02 Å². The molecule has 4 aromatic rings. The topological polar surface area (TPSA) is 70.9 Å². The van der Waals surface area contributed by atoms with Gasteiger partial charge in [-0.2, -0.15) is 13.2 Å². The Labute approximate surface area is 180 Å². The number of rotatable bonds is 6. The molecule has 2 heterocycles. The molecule has 0 atom stereocenters. The predicted molar refractivity (Wildman–Crippen MR) is 110 cm³/mol. The molecule has 31 heavy (non-hydrogen) atoms. The molecule has 5 nitrogen and oxygen atoms in total. The minimum Gasteiger partial charge on any atom is -0.361 e. The second-order valence-corrected chi connectivity index (χ2v) is 7.50. The van der Waals surface area contributed by atoms with Crippen LogP contribution in [0.15, 0.2) is 59.3 Å². The van der Waals surface area contributed by atoms with E-state index in [-0.39, 0.29) is 12.1 Å². The third-order valence-corrected chi connectivity index (χ3v) is 5.07. The summed E-state index contributed by atoms with van der Waals surface area (Å²) in [5.74, 6) is -0.118. The second-order valence-electron chi connectivity index (χ2n) is 7.06. The number of nitrogens with one attached hydrogen (secondary N) is 2. The first-order valence-corrected chi connectivity index (χ1v) is 9.83. The van der Waals surface area contributed by atoms with Crippen LogP contribution >= 0.6 is 11.6 Å². The Morgan fingerprint density at radius 3 is 2.81 bits per heavy atom. The largest absolute Gasteiger partial charge is 0.416 e. The fourth-order valence-corrected chi connectivity index (χ4v) is 3.49. The van der Waals surface area contributed by atoms with Crippen molar-refractivity contribution < 1.29 is 22.5 Å². The first kappa shape index (κ1) is 21.0. The van der Waals surface area contributed by atoms with Gasteiger partial charge in [0.05, 0.1) is 5.56 Å². The highest BCUT2D eigenvalue weighted by Gasteiger charge is 2.30. The number of benzene rings is 2. The molecule has 0 fully saturated rings. The van der Waals surface area contributed by atoms with Gasteiger partial charge in [0, 0.05) is 41.2 Å². The summed E-state index contributed by atoms with van der Waals surface area (Å²) in [5, 5.41) is 8.12. The van der Waals surface area contributed by atoms with E-state index >= 15 is 0 Å². The molecule has 160 valence electrons. The zero-order chi connectivity index (χ0) is 22.0. The number of alkyl halides is 3. The number of nitrogens with zero attached hydrogens (tertiary/aromatic N) is 1. The molecule has 4 rings (SSSR count). The fraction of sp³-hybridized carbons (Fsp3) is 0.182. The summed E-state index contributed by atoms with van der Waals surface area (Å²) < 4.78 is 43.7. The summed E-state index contributed by atoms with van der Waals surface area (Å²) in [6.07, 6.45) is -1.86. The van der Waals surface area contributed by atoms with Gasteiger partial charge in [0.25, 0.3) is 5.91 Å². The summed E-state index contributed by atoms with van der Waals surface area (Å²) in [5.41, 5.74) is 1.73. The lowest BCUT2D eigenvalue weighted by atomic mass is 10.1. The van der Waals surface area contributed by atoms with Crippen LogP contribution < -0.4 is 5.32 Å². The summed E-state index contributed by atoms with van der Waals surface area (Å²) in [6, 6.07) is 11.9. The van der Waals surface area contributed by atoms with Gasteiger partial charge in [0.2, 0.25) is 0 Å². The highest BCUT2D eigenvalue weighted by Crippen LogP contribution is 2.30. The minimum absolute atomic E-state index is 0.0731. The zero-order valence-electron chi connectivity index (χ0n) is 16.1. The van der Waals surface area contributed by atoms with E-state index in [0.29, 0.717) is 29.3 Å². The van der Waals surface area contributed by atoms with E-state index < -0.39 is 17.6 Å². The smallest absolute Gasteiger partial charge is 0.361 e. The molecule has 9 heteroatoms. The van der Waals surface area contributed by atoms with Gasteiger partial charge in [-0.3, -0.25) is 4.79 Å². The molecule has 2 aromatic carbocycles. The number of hydrogen-bond acceptors (Lipinski definition) is 3. The molecular weight excluding hydrogens is 431 g/mol. The van der Waals surface area contributed by atoms with E-state index in [1.165, 1.54) is 12.1 Å². The highest BCUT2D eigenvalue weighted by atomic mass is 35.5. The van der Waals surface area contributed by atoms with Crippen molar-refractivity contribution in [1.82, 2.24) is 15.5 Å². The van der Waals surface area contributed by atoms with Gasteiger partial charge < -0.3 is 14.8 Å². The lowest BCUT2D eigenvalue weighted by Crippen LogP contribution is -2.25. The summed E-state index contributed by atoms with van der Waals surface area (Å²) in [6.45, 7) is 0.369. The normalized spacial score (nSPS) is 11.7. The minimum atomic E-state index is -4.42. The Morgan fingerprint density at radius 2 is 2.00 bits per heavy atom. The maximum absolute atomic E-state index is 12.8. The molecule has 0 saturated carbocycles. The summed E-state index contributed by atoms with van der Waals surface area (Å²) in [7, 11) is 0. The lowest BCUT2D eigenvalue weighted by Gasteiger charge is -2.07. The maximum Gasteiger partial charge on any atom is 0.416 e. The standard InChI is InChI=1S/C22H17ClF3N3O2/c23-16-4-5-19-18(10-16)14(12-28-19)6-7-27-21(30)20-11-17(31-29-20)9-13-2-1-3-15(8-13)22(24,25)26/h1-5,8,10-12,28H,6-7,9H2,(H,27,30). The average Bonchev–Trinajstić information content (AvgIpc) is 3.35. The van der Waals surface area contributed by atoms with Crippen molar-refractivity contribution in [3.8, 4) is 0 Å². The number of carbonyl (C=O) groups excluding carboxylic acids is 1. The number of aromatic amines is 1. The Hall–Kier alpha value is -3.26. The third kappa shape index (κ3) is 4.91. The zero-order valence-corrected chi connectivity index (χ0v) is 16.8. The van der Waals surface area contributed by atoms with Crippen molar-refractivity contribution in [2.24, 2.45) is 0 Å². The fourth-order valence-electron chi connectivity index (χ4n) is 3.32. The lowest BCUT2D eigenvalue weighted by molar-refractivity contribution is -0.137. The van der Waals surface area contributed by atoms with Gasteiger partial charge in [-0.25, -0.2) is 0 Å². The Kier molecular flexibility index (Phi) is 5.73. The second kappa shape index (κ2) is 8.47. The van der Waals surface area contributed by atoms with Crippen LogP contribution in [0.1, 0.15) is 32.9 Å². The third-order valence-electron chi connectivity index (χ3n) is 4.83. The van der Waals surface area contributed by atoms with E-state index in [9.17, 15) is 18.0 Å². The molecule has 0 aliphatic rings. The Morgan fingerprint density at radius 1 is 1.16 bits per heavy atom. The molecule has 1 amide bonds. The number of carbonyl (C=O) groups is 1. The van der Waals surface area contributed by atoms with Gasteiger partial charge in [0.1, 0.15) is 5.76 Å². The Bertz CT molecular complexity index is 1230. The Balaban J connectivity index is 1.35. The van der Waals surface area contributed by atoms with Gasteiger partial charge in [-0.05, 0) is 41.8 Å². The van der Waals surface area contributed by atoms with Crippen molar-refractivity contribution in [3.05, 3.63) is 87.9 Å². The molecule has 0 radical (unpaired) electrons. The van der Waals surface area contributed by atoms with Crippen molar-refractivity contribution in [1.29, 1.82) is 0 Å². The highest BCUT2D eigenvalue weighted by molar-refractivity contribution is 6.31. The molecular formula is C22H17ClF3N3O2. The van der Waals surface area contributed by atoms with Crippen molar-refractivity contribution in [2.45, 2.75) is 19.0 Å². The molecule has 0 bridgehead atoms. The van der Waals surface area contributed by atoms with Crippen LogP contribution in [-0.4, -0.2) is 22.6 Å². The molecule has 0 aliphatic heterocycles. The van der Waals surface area contributed by atoms with Gasteiger partial charge in [0.15, 0.2) is 5.69 Å². The number of fused-ring (bicyclic) bond motifs is 1. The summed E-state index contributed by atoms with van der Waals surface area (Å²) in [4.78, 5) is 15.5. The molecule has 0 spiro atoms. The molecule has 0 unspecified atom stereocenters. The molecule has 0 saturated heterocycles. The van der Waals surface area contributed by atoms with E-state index in [1.807, 2.05) is 18.3 Å². The van der Waals surface area contributed by atoms with Gasteiger partial charge >= 0.3 is 6.18 Å². The van der Waals surface area contributed by atoms with E-state index in [1.54, 1.807) is 12.1 Å². The van der Waals surface area contributed by atoms with Crippen LogP contribution in [0.3, 0.4) is 0 Å². The van der Waals surface area contributed by atoms with Crippen molar-refractivity contribution in [2.75, 3.05) is 6.54 Å². The number of aromatic nitrogens is 2. The van der Waals surface area contributed by atoms with Gasteiger partial charge in [-0.15, -0.1) is 0 Å². The number of hydrogen-bond donors (Lipinski definition) is 2. The number of H-pyrrole nitrogens is 1. The summed E-state index contributed by atoms with van der Waals surface area (Å²) >= 11 is 6.05. The molecule has 2 N–H and O–H groups in total. The van der Waals surface area contributed by atoms with Crippen LogP contribution in [0.5, 0.6) is 0 Å². The van der Waals surface area contributed by atoms with Crippen LogP contribution in [0.25, 0.3) is 10.9 Å². The van der Waals surface area contributed by atoms with Crippen molar-refractivity contribution in [3.63, 3.8) is 0 Å². The quantitative estimate of drug-likeness (QED) is 0.416. The first-order valence-electron chi connectivity index (χ1n) is 9.45. The van der Waals surface area contributed by atoms with Crippen LogP contribution in [-0.2, 0) is 19.0 Å². The van der Waals surface area contributed by atoms with Crippen LogP contribution in [0, 0.1) is 0 Å².